The minimum absolute atomic E-state index is 0.139. The predicted molar refractivity (Wildman–Crippen MR) is 103 cm³/mol. The Bertz CT molecular complexity index is 916. The van der Waals surface area contributed by atoms with Crippen LogP contribution in [0.1, 0.15) is 18.9 Å². The Kier molecular flexibility index (Phi) is 5.63. The van der Waals surface area contributed by atoms with Crippen LogP contribution in [0.3, 0.4) is 0 Å². The molecule has 0 radical (unpaired) electrons. The van der Waals surface area contributed by atoms with Crippen molar-refractivity contribution in [1.29, 1.82) is 0 Å². The molecule has 28 heavy (non-hydrogen) atoms. The van der Waals surface area contributed by atoms with E-state index in [4.69, 9.17) is 9.47 Å². The molecule has 0 saturated carbocycles. The van der Waals surface area contributed by atoms with Crippen molar-refractivity contribution in [2.45, 2.75) is 13.3 Å². The molecule has 0 bridgehead atoms. The van der Waals surface area contributed by atoms with Gasteiger partial charge >= 0.3 is 0 Å². The van der Waals surface area contributed by atoms with Crippen molar-refractivity contribution in [2.75, 3.05) is 26.1 Å². The third-order valence-corrected chi connectivity index (χ3v) is 4.37. The number of hydrogen-bond donors (Lipinski definition) is 1. The Morgan fingerprint density at radius 3 is 2.11 bits per heavy atom. The van der Waals surface area contributed by atoms with Crippen molar-refractivity contribution < 1.29 is 23.5 Å². The minimum Gasteiger partial charge on any atom is -0.497 e. The van der Waals surface area contributed by atoms with Crippen LogP contribution in [0, 0.1) is 5.82 Å². The number of methoxy groups -OCH3 is 2. The summed E-state index contributed by atoms with van der Waals surface area (Å²) in [5.41, 5.74) is 1.35. The van der Waals surface area contributed by atoms with Gasteiger partial charge in [0.05, 0.1) is 19.8 Å². The molecule has 0 saturated heterocycles. The topological polar surface area (TPSA) is 67.9 Å². The molecule has 0 fully saturated rings. The van der Waals surface area contributed by atoms with Crippen LogP contribution in [0.15, 0.2) is 48.2 Å². The molecule has 2 aromatic rings. The van der Waals surface area contributed by atoms with E-state index in [0.717, 1.165) is 0 Å². The summed E-state index contributed by atoms with van der Waals surface area (Å²) in [7, 11) is 3.05. The maximum Gasteiger partial charge on any atom is 0.278 e. The van der Waals surface area contributed by atoms with E-state index >= 15 is 0 Å². The molecule has 0 aliphatic carbocycles. The summed E-state index contributed by atoms with van der Waals surface area (Å²) in [6, 6.07) is 10.6. The molecule has 1 heterocycles. The minimum atomic E-state index is -0.423. The van der Waals surface area contributed by atoms with Gasteiger partial charge in [-0.2, -0.15) is 0 Å². The first-order valence-electron chi connectivity index (χ1n) is 8.85. The number of hydrogen-bond acceptors (Lipinski definition) is 5. The number of rotatable bonds is 7. The Labute approximate surface area is 162 Å². The SMILES string of the molecule is CCCN1C(=O)C(Nc2cc(OC)cc(OC)c2)=C(c2ccc(F)cc2)C1=O. The van der Waals surface area contributed by atoms with Gasteiger partial charge in [-0.25, -0.2) is 4.39 Å². The maximum atomic E-state index is 13.3. The number of benzene rings is 2. The maximum absolute atomic E-state index is 13.3. The van der Waals surface area contributed by atoms with Crippen LogP contribution in [-0.2, 0) is 9.59 Å². The van der Waals surface area contributed by atoms with E-state index in [1.807, 2.05) is 6.92 Å². The first-order chi connectivity index (χ1) is 13.5. The first-order valence-corrected chi connectivity index (χ1v) is 8.85. The lowest BCUT2D eigenvalue weighted by atomic mass is 10.0. The largest absolute Gasteiger partial charge is 0.497 e. The van der Waals surface area contributed by atoms with Crippen molar-refractivity contribution in [3.63, 3.8) is 0 Å². The fourth-order valence-corrected chi connectivity index (χ4v) is 3.03. The number of imide groups is 1. The molecule has 3 rings (SSSR count). The first kappa shape index (κ1) is 19.4. The summed E-state index contributed by atoms with van der Waals surface area (Å²) in [6.07, 6.45) is 0.633. The van der Waals surface area contributed by atoms with Gasteiger partial charge in [-0.1, -0.05) is 19.1 Å². The van der Waals surface area contributed by atoms with Crippen molar-refractivity contribution in [3.05, 3.63) is 59.5 Å². The van der Waals surface area contributed by atoms with Gasteiger partial charge in [-0.15, -0.1) is 0 Å². The lowest BCUT2D eigenvalue weighted by Gasteiger charge is -2.14. The van der Waals surface area contributed by atoms with Gasteiger partial charge in [0.1, 0.15) is 23.0 Å². The molecule has 1 aliphatic rings. The number of amides is 2. The number of nitrogens with one attached hydrogen (secondary N) is 1. The summed E-state index contributed by atoms with van der Waals surface area (Å²) in [5.74, 6) is -0.178. The van der Waals surface area contributed by atoms with Gasteiger partial charge in [0.25, 0.3) is 11.8 Å². The van der Waals surface area contributed by atoms with E-state index in [-0.39, 0.29) is 11.3 Å². The highest BCUT2D eigenvalue weighted by Crippen LogP contribution is 2.33. The third-order valence-electron chi connectivity index (χ3n) is 4.37. The van der Waals surface area contributed by atoms with E-state index in [2.05, 4.69) is 5.32 Å². The third kappa shape index (κ3) is 3.69. The van der Waals surface area contributed by atoms with Gasteiger partial charge in [-0.3, -0.25) is 14.5 Å². The summed E-state index contributed by atoms with van der Waals surface area (Å²) in [6.45, 7) is 2.19. The van der Waals surface area contributed by atoms with Crippen molar-refractivity contribution in [3.8, 4) is 11.5 Å². The van der Waals surface area contributed by atoms with Gasteiger partial charge in [-0.05, 0) is 24.1 Å². The van der Waals surface area contributed by atoms with Crippen molar-refractivity contribution in [1.82, 2.24) is 4.90 Å². The summed E-state index contributed by atoms with van der Waals surface area (Å²) >= 11 is 0. The van der Waals surface area contributed by atoms with Gasteiger partial charge < -0.3 is 14.8 Å². The standard InChI is InChI=1S/C21H21FN2O4/c1-4-9-24-20(25)18(13-5-7-14(22)8-6-13)19(21(24)26)23-15-10-16(27-2)12-17(11-15)28-3/h5-8,10-12,23H,4,9H2,1-3H3. The molecule has 0 unspecified atom stereocenters. The highest BCUT2D eigenvalue weighted by molar-refractivity contribution is 6.36. The van der Waals surface area contributed by atoms with Crippen molar-refractivity contribution in [2.24, 2.45) is 0 Å². The lowest BCUT2D eigenvalue weighted by molar-refractivity contribution is -0.136. The van der Waals surface area contributed by atoms with E-state index in [9.17, 15) is 14.0 Å². The van der Waals surface area contributed by atoms with Crippen LogP contribution in [-0.4, -0.2) is 37.5 Å². The second kappa shape index (κ2) is 8.12. The normalized spacial score (nSPS) is 13.9. The number of carbonyl (C=O) groups is 2. The smallest absolute Gasteiger partial charge is 0.278 e. The molecule has 7 heteroatoms. The van der Waals surface area contributed by atoms with Crippen LogP contribution in [0.4, 0.5) is 10.1 Å². The van der Waals surface area contributed by atoms with Crippen LogP contribution in [0.2, 0.25) is 0 Å². The summed E-state index contributed by atoms with van der Waals surface area (Å²) in [5, 5.41) is 3.04. The van der Waals surface area contributed by atoms with Gasteiger partial charge in [0.15, 0.2) is 0 Å². The summed E-state index contributed by atoms with van der Waals surface area (Å²) in [4.78, 5) is 27.0. The van der Waals surface area contributed by atoms with Crippen LogP contribution >= 0.6 is 0 Å². The highest BCUT2D eigenvalue weighted by Gasteiger charge is 2.38. The molecular weight excluding hydrogens is 363 g/mol. The average molecular weight is 384 g/mol. The van der Waals surface area contributed by atoms with E-state index in [1.54, 1.807) is 18.2 Å². The summed E-state index contributed by atoms with van der Waals surface area (Å²) < 4.78 is 23.8. The molecule has 0 spiro atoms. The molecule has 1 aliphatic heterocycles. The van der Waals surface area contributed by atoms with E-state index < -0.39 is 17.6 Å². The fourth-order valence-electron chi connectivity index (χ4n) is 3.03. The van der Waals surface area contributed by atoms with Gasteiger partial charge in [0, 0.05) is 30.4 Å². The zero-order chi connectivity index (χ0) is 20.3. The molecular formula is C21H21FN2O4. The molecule has 6 nitrogen and oxygen atoms in total. The van der Waals surface area contributed by atoms with Crippen LogP contribution < -0.4 is 14.8 Å². The Morgan fingerprint density at radius 1 is 0.964 bits per heavy atom. The molecule has 2 amide bonds. The van der Waals surface area contributed by atoms with Crippen LogP contribution in [0.5, 0.6) is 11.5 Å². The van der Waals surface area contributed by atoms with Crippen LogP contribution in [0.25, 0.3) is 5.57 Å². The van der Waals surface area contributed by atoms with E-state index in [1.165, 1.54) is 43.4 Å². The molecule has 0 aromatic heterocycles. The second-order valence-electron chi connectivity index (χ2n) is 6.25. The quantitative estimate of drug-likeness (QED) is 0.741. The number of anilines is 1. The Morgan fingerprint density at radius 2 is 1.57 bits per heavy atom. The second-order valence-corrected chi connectivity index (χ2v) is 6.25. The number of nitrogens with zero attached hydrogens (tertiary/aromatic N) is 1. The van der Waals surface area contributed by atoms with Gasteiger partial charge in [0.2, 0.25) is 0 Å². The Balaban J connectivity index is 2.08. The molecule has 0 atom stereocenters. The Hall–Kier alpha value is -3.35. The number of halogens is 1. The molecule has 146 valence electrons. The van der Waals surface area contributed by atoms with Crippen molar-refractivity contribution >= 4 is 23.1 Å². The number of ether oxygens (including phenoxy) is 2. The highest BCUT2D eigenvalue weighted by atomic mass is 19.1. The number of carbonyl (C=O) groups excluding carboxylic acids is 2. The molecule has 1 N–H and O–H groups in total. The van der Waals surface area contributed by atoms with E-state index in [0.29, 0.717) is 35.7 Å². The average Bonchev–Trinajstić information content (AvgIpc) is 2.93. The zero-order valence-corrected chi connectivity index (χ0v) is 15.9. The molecule has 2 aromatic carbocycles. The lowest BCUT2D eigenvalue weighted by Crippen LogP contribution is -2.33. The predicted octanol–water partition coefficient (Wildman–Crippen LogP) is 3.44. The fraction of sp³-hybridized carbons (Fsp3) is 0.238. The zero-order valence-electron chi connectivity index (χ0n) is 15.9. The monoisotopic (exact) mass is 384 g/mol.